The molecule has 24 heavy (non-hydrogen) atoms. The smallest absolute Gasteiger partial charge is 0.228 e. The highest BCUT2D eigenvalue weighted by atomic mass is 79.9. The fraction of sp³-hybridized carbons (Fsp3) is 0.444. The van der Waals surface area contributed by atoms with E-state index >= 15 is 0 Å². The fourth-order valence-electron chi connectivity index (χ4n) is 3.35. The van der Waals surface area contributed by atoms with Crippen LogP contribution in [0.4, 0.5) is 5.82 Å². The molecule has 5 nitrogen and oxygen atoms in total. The molecule has 0 saturated heterocycles. The second-order valence-electron chi connectivity index (χ2n) is 6.40. The predicted octanol–water partition coefficient (Wildman–Crippen LogP) is 3.86. The van der Waals surface area contributed by atoms with Crippen molar-refractivity contribution in [1.29, 1.82) is 0 Å². The van der Waals surface area contributed by atoms with Crippen molar-refractivity contribution in [3.8, 4) is 11.3 Å². The van der Waals surface area contributed by atoms with Gasteiger partial charge in [0.2, 0.25) is 5.91 Å². The molecule has 1 heterocycles. The summed E-state index contributed by atoms with van der Waals surface area (Å²) in [6.45, 7) is 2.07. The first kappa shape index (κ1) is 17.2. The average molecular weight is 391 g/mol. The summed E-state index contributed by atoms with van der Waals surface area (Å²) in [5, 5.41) is 10.4. The Kier molecular flexibility index (Phi) is 5.36. The molecule has 0 radical (unpaired) electrons. The molecule has 2 unspecified atom stereocenters. The maximum atomic E-state index is 12.5. The van der Waals surface area contributed by atoms with E-state index in [-0.39, 0.29) is 17.9 Å². The number of amides is 1. The number of nitrogens with one attached hydrogen (secondary N) is 2. The highest BCUT2D eigenvalue weighted by molar-refractivity contribution is 9.10. The van der Waals surface area contributed by atoms with Gasteiger partial charge in [-0.25, -0.2) is 0 Å². The van der Waals surface area contributed by atoms with E-state index in [0.29, 0.717) is 5.82 Å². The first-order valence-corrected chi connectivity index (χ1v) is 9.27. The number of hydrogen-bond acceptors (Lipinski definition) is 3. The molecular weight excluding hydrogens is 368 g/mol. The standard InChI is InChI=1S/C18H23BrN4O/c1-2-15-16(11-6-8-13(19)9-7-11)22-23-17(15)21-18(24)12-4-3-5-14(20)10-12/h6-9,12,14H,2-5,10,20H2,1H3,(H2,21,22,23,24). The average Bonchev–Trinajstić information content (AvgIpc) is 2.98. The lowest BCUT2D eigenvalue weighted by Gasteiger charge is -2.25. The summed E-state index contributed by atoms with van der Waals surface area (Å²) in [7, 11) is 0. The molecule has 1 aromatic carbocycles. The lowest BCUT2D eigenvalue weighted by Crippen LogP contribution is -2.34. The number of H-pyrrole nitrogens is 1. The zero-order chi connectivity index (χ0) is 17.1. The topological polar surface area (TPSA) is 83.8 Å². The van der Waals surface area contributed by atoms with E-state index in [4.69, 9.17) is 5.73 Å². The monoisotopic (exact) mass is 390 g/mol. The number of carbonyl (C=O) groups is 1. The first-order valence-electron chi connectivity index (χ1n) is 8.48. The SMILES string of the molecule is CCc1c(NC(=O)C2CCCC(N)C2)n[nH]c1-c1ccc(Br)cc1. The number of hydrogen-bond donors (Lipinski definition) is 3. The Hall–Kier alpha value is -1.66. The number of benzene rings is 1. The maximum Gasteiger partial charge on any atom is 0.228 e. The van der Waals surface area contributed by atoms with E-state index in [1.54, 1.807) is 0 Å². The zero-order valence-electron chi connectivity index (χ0n) is 13.8. The van der Waals surface area contributed by atoms with Crippen molar-refractivity contribution < 1.29 is 4.79 Å². The number of halogens is 1. The third kappa shape index (κ3) is 3.70. The molecule has 4 N–H and O–H groups in total. The number of anilines is 1. The molecule has 1 amide bonds. The summed E-state index contributed by atoms with van der Waals surface area (Å²) in [5.41, 5.74) is 9.05. The van der Waals surface area contributed by atoms with E-state index < -0.39 is 0 Å². The normalized spacial score (nSPS) is 20.8. The molecule has 3 rings (SSSR count). The Morgan fingerprint density at radius 1 is 1.38 bits per heavy atom. The van der Waals surface area contributed by atoms with Gasteiger partial charge in [-0.2, -0.15) is 5.10 Å². The number of nitrogens with zero attached hydrogens (tertiary/aromatic N) is 1. The van der Waals surface area contributed by atoms with Gasteiger partial charge in [-0.1, -0.05) is 41.4 Å². The Morgan fingerprint density at radius 3 is 2.79 bits per heavy atom. The first-order chi connectivity index (χ1) is 11.6. The van der Waals surface area contributed by atoms with E-state index in [1.165, 1.54) is 0 Å². The van der Waals surface area contributed by atoms with Gasteiger partial charge in [0.1, 0.15) is 0 Å². The zero-order valence-corrected chi connectivity index (χ0v) is 15.4. The molecule has 0 bridgehead atoms. The minimum absolute atomic E-state index is 0.00807. The lowest BCUT2D eigenvalue weighted by molar-refractivity contribution is -0.120. The lowest BCUT2D eigenvalue weighted by atomic mass is 9.85. The minimum atomic E-state index is -0.00807. The molecule has 0 aliphatic heterocycles. The van der Waals surface area contributed by atoms with Crippen LogP contribution < -0.4 is 11.1 Å². The number of rotatable bonds is 4. The van der Waals surface area contributed by atoms with E-state index in [2.05, 4.69) is 38.4 Å². The molecule has 1 aromatic heterocycles. The number of nitrogens with two attached hydrogens (primary N) is 1. The van der Waals surface area contributed by atoms with Crippen LogP contribution in [-0.4, -0.2) is 22.1 Å². The second kappa shape index (κ2) is 7.49. The van der Waals surface area contributed by atoms with Crippen LogP contribution in [0, 0.1) is 5.92 Å². The maximum absolute atomic E-state index is 12.5. The van der Waals surface area contributed by atoms with Crippen molar-refractivity contribution in [2.24, 2.45) is 11.7 Å². The van der Waals surface area contributed by atoms with Gasteiger partial charge in [-0.3, -0.25) is 9.89 Å². The Morgan fingerprint density at radius 2 is 2.12 bits per heavy atom. The molecule has 1 saturated carbocycles. The molecule has 2 atom stereocenters. The molecule has 0 spiro atoms. The third-order valence-corrected chi connectivity index (χ3v) is 5.21. The molecule has 6 heteroatoms. The predicted molar refractivity (Wildman–Crippen MR) is 99.7 cm³/mol. The Balaban J connectivity index is 1.79. The summed E-state index contributed by atoms with van der Waals surface area (Å²) in [6, 6.07) is 8.19. The van der Waals surface area contributed by atoms with Crippen molar-refractivity contribution in [2.45, 2.75) is 45.1 Å². The van der Waals surface area contributed by atoms with Crippen molar-refractivity contribution in [1.82, 2.24) is 10.2 Å². The van der Waals surface area contributed by atoms with Crippen LogP contribution in [0.1, 0.15) is 38.2 Å². The summed E-state index contributed by atoms with van der Waals surface area (Å²) < 4.78 is 1.03. The quantitative estimate of drug-likeness (QED) is 0.740. The van der Waals surface area contributed by atoms with Gasteiger partial charge in [0.25, 0.3) is 0 Å². The van der Waals surface area contributed by atoms with Gasteiger partial charge in [0.15, 0.2) is 5.82 Å². The van der Waals surface area contributed by atoms with Gasteiger partial charge in [0.05, 0.1) is 5.69 Å². The van der Waals surface area contributed by atoms with Crippen molar-refractivity contribution in [3.63, 3.8) is 0 Å². The van der Waals surface area contributed by atoms with Gasteiger partial charge in [0, 0.05) is 22.0 Å². The summed E-state index contributed by atoms with van der Waals surface area (Å²) in [5.74, 6) is 0.666. The molecule has 2 aromatic rings. The highest BCUT2D eigenvalue weighted by Crippen LogP contribution is 2.30. The van der Waals surface area contributed by atoms with Crippen molar-refractivity contribution in [2.75, 3.05) is 5.32 Å². The van der Waals surface area contributed by atoms with Gasteiger partial charge in [-0.05, 0) is 43.4 Å². The fourth-order valence-corrected chi connectivity index (χ4v) is 3.62. The number of aromatic nitrogens is 2. The van der Waals surface area contributed by atoms with Crippen LogP contribution in [0.2, 0.25) is 0 Å². The number of carbonyl (C=O) groups excluding carboxylic acids is 1. The van der Waals surface area contributed by atoms with Crippen LogP contribution >= 0.6 is 15.9 Å². The van der Waals surface area contributed by atoms with Crippen molar-refractivity contribution >= 4 is 27.7 Å². The summed E-state index contributed by atoms with van der Waals surface area (Å²) in [6.07, 6.45) is 4.49. The van der Waals surface area contributed by atoms with E-state index in [1.807, 2.05) is 24.3 Å². The summed E-state index contributed by atoms with van der Waals surface area (Å²) in [4.78, 5) is 12.5. The largest absolute Gasteiger partial charge is 0.328 e. The number of aromatic amines is 1. The van der Waals surface area contributed by atoms with Gasteiger partial charge >= 0.3 is 0 Å². The van der Waals surface area contributed by atoms with Crippen LogP contribution in [-0.2, 0) is 11.2 Å². The van der Waals surface area contributed by atoms with E-state index in [9.17, 15) is 4.79 Å². The Bertz CT molecular complexity index is 710. The van der Waals surface area contributed by atoms with Crippen LogP contribution in [0.15, 0.2) is 28.7 Å². The molecule has 128 valence electrons. The van der Waals surface area contributed by atoms with Crippen LogP contribution in [0.5, 0.6) is 0 Å². The minimum Gasteiger partial charge on any atom is -0.328 e. The molecule has 1 aliphatic carbocycles. The molecule has 1 fully saturated rings. The van der Waals surface area contributed by atoms with Crippen LogP contribution in [0.3, 0.4) is 0 Å². The van der Waals surface area contributed by atoms with Gasteiger partial charge < -0.3 is 11.1 Å². The van der Waals surface area contributed by atoms with Crippen LogP contribution in [0.25, 0.3) is 11.3 Å². The highest BCUT2D eigenvalue weighted by Gasteiger charge is 2.26. The summed E-state index contributed by atoms with van der Waals surface area (Å²) >= 11 is 3.45. The van der Waals surface area contributed by atoms with Gasteiger partial charge in [-0.15, -0.1) is 0 Å². The third-order valence-electron chi connectivity index (χ3n) is 4.68. The Labute approximate surface area is 150 Å². The molecule has 1 aliphatic rings. The second-order valence-corrected chi connectivity index (χ2v) is 7.31. The van der Waals surface area contributed by atoms with Crippen molar-refractivity contribution in [3.05, 3.63) is 34.3 Å². The molecular formula is C18H23BrN4O. The van der Waals surface area contributed by atoms with E-state index in [0.717, 1.165) is 53.4 Å².